The summed E-state index contributed by atoms with van der Waals surface area (Å²) in [6.45, 7) is -1.93. The quantitative estimate of drug-likeness (QED) is 0.444. The summed E-state index contributed by atoms with van der Waals surface area (Å²) in [6, 6.07) is 0. The van der Waals surface area contributed by atoms with Gasteiger partial charge in [0.25, 0.3) is 0 Å². The van der Waals surface area contributed by atoms with Gasteiger partial charge in [-0.3, -0.25) is 0 Å². The first-order valence-corrected chi connectivity index (χ1v) is 5.82. The van der Waals surface area contributed by atoms with Gasteiger partial charge in [-0.15, -0.1) is 6.42 Å². The zero-order valence-electron chi connectivity index (χ0n) is 5.74. The van der Waals surface area contributed by atoms with E-state index in [0.717, 1.165) is 12.6 Å². The Bertz CT molecular complexity index is 208. The summed E-state index contributed by atoms with van der Waals surface area (Å²) in [5.41, 5.74) is 0. The smallest absolute Gasteiger partial charge is 0.189 e. The van der Waals surface area contributed by atoms with Gasteiger partial charge in [-0.2, -0.15) is 0 Å². The first-order valence-electron chi connectivity index (χ1n) is 2.99. The third-order valence-corrected chi connectivity index (χ3v) is 4.61. The van der Waals surface area contributed by atoms with Gasteiger partial charge < -0.3 is 9.05 Å². The second kappa shape index (κ2) is 3.02. The summed E-state index contributed by atoms with van der Waals surface area (Å²) in [5, 5.41) is 0. The molecule has 0 aliphatic carbocycles. The van der Waals surface area contributed by atoms with Crippen LogP contribution in [0.4, 0.5) is 0 Å². The van der Waals surface area contributed by atoms with Gasteiger partial charge in [0.1, 0.15) is 6.10 Å². The highest BCUT2D eigenvalue weighted by molar-refractivity contribution is 8.10. The van der Waals surface area contributed by atoms with Crippen molar-refractivity contribution >= 4 is 18.3 Å². The molecule has 56 valence electrons. The van der Waals surface area contributed by atoms with Crippen molar-refractivity contribution < 1.29 is 9.05 Å². The fourth-order valence-electron chi connectivity index (χ4n) is 0.823. The van der Waals surface area contributed by atoms with Crippen LogP contribution in [-0.2, 0) is 20.9 Å². The molecule has 1 aliphatic rings. The first-order chi connectivity index (χ1) is 4.70. The van der Waals surface area contributed by atoms with Crippen molar-refractivity contribution in [2.24, 2.45) is 0 Å². The lowest BCUT2D eigenvalue weighted by Crippen LogP contribution is -1.97. The van der Waals surface area contributed by atoms with Crippen molar-refractivity contribution in [3.8, 4) is 12.3 Å². The highest BCUT2D eigenvalue weighted by Crippen LogP contribution is 2.54. The molecule has 1 rings (SSSR count). The first kappa shape index (κ1) is 8.23. The van der Waals surface area contributed by atoms with Crippen LogP contribution in [0.2, 0.25) is 0 Å². The molecule has 4 heteroatoms. The van der Waals surface area contributed by atoms with Crippen molar-refractivity contribution in [2.75, 3.05) is 13.3 Å². The maximum atomic E-state index is 5.31. The van der Waals surface area contributed by atoms with Crippen molar-refractivity contribution in [1.29, 1.82) is 0 Å². The molecule has 2 atom stereocenters. The summed E-state index contributed by atoms with van der Waals surface area (Å²) in [7, 11) is 1.58. The minimum Gasteiger partial charge on any atom is -0.333 e. The molecule has 1 saturated heterocycles. The lowest BCUT2D eigenvalue weighted by Gasteiger charge is -2.11. The summed E-state index contributed by atoms with van der Waals surface area (Å²) >= 11 is 5.08. The van der Waals surface area contributed by atoms with Crippen molar-refractivity contribution in [3.63, 3.8) is 0 Å². The van der Waals surface area contributed by atoms with Gasteiger partial charge in [-0.05, 0) is 18.2 Å². The zero-order chi connectivity index (χ0) is 7.61. The summed E-state index contributed by atoms with van der Waals surface area (Å²) in [5.74, 6) is 2.51. The van der Waals surface area contributed by atoms with Gasteiger partial charge in [-0.1, -0.05) is 5.92 Å². The third-order valence-electron chi connectivity index (χ3n) is 1.42. The van der Waals surface area contributed by atoms with E-state index in [1.165, 1.54) is 0 Å². The second-order valence-electron chi connectivity index (χ2n) is 2.07. The lowest BCUT2D eigenvalue weighted by atomic mass is 10.3. The normalized spacial score (nSPS) is 39.4. The molecule has 0 radical (unpaired) electrons. The summed E-state index contributed by atoms with van der Waals surface area (Å²) in [4.78, 5) is 0. The van der Waals surface area contributed by atoms with Crippen LogP contribution < -0.4 is 0 Å². The molecule has 0 spiro atoms. The maximum absolute atomic E-state index is 5.31. The van der Waals surface area contributed by atoms with Crippen molar-refractivity contribution in [1.82, 2.24) is 0 Å². The highest BCUT2D eigenvalue weighted by atomic mass is 32.5. The molecule has 2 unspecified atom stereocenters. The van der Waals surface area contributed by atoms with E-state index < -0.39 is 6.49 Å². The van der Waals surface area contributed by atoms with Gasteiger partial charge in [0.05, 0.1) is 0 Å². The van der Waals surface area contributed by atoms with Crippen LogP contribution >= 0.6 is 6.49 Å². The molecular weight excluding hydrogens is 167 g/mol. The van der Waals surface area contributed by atoms with Gasteiger partial charge >= 0.3 is 0 Å². The Labute approximate surface area is 66.1 Å². The molecule has 0 aromatic rings. The fourth-order valence-corrected chi connectivity index (χ4v) is 2.93. The molecule has 0 N–H and O–H groups in total. The molecule has 0 aromatic carbocycles. The van der Waals surface area contributed by atoms with E-state index in [-0.39, 0.29) is 6.10 Å². The molecule has 1 fully saturated rings. The van der Waals surface area contributed by atoms with E-state index in [1.807, 2.05) is 0 Å². The lowest BCUT2D eigenvalue weighted by molar-refractivity contribution is 0.269. The third kappa shape index (κ3) is 1.59. The van der Waals surface area contributed by atoms with Gasteiger partial charge in [-0.25, -0.2) is 0 Å². The SMILES string of the molecule is C#CC1CCP(=S)(OC)O1. The van der Waals surface area contributed by atoms with E-state index in [2.05, 4.69) is 5.92 Å². The predicted octanol–water partition coefficient (Wildman–Crippen LogP) is 1.36. The van der Waals surface area contributed by atoms with E-state index in [1.54, 1.807) is 7.11 Å². The predicted molar refractivity (Wildman–Crippen MR) is 44.5 cm³/mol. The molecule has 0 aromatic heterocycles. The summed E-state index contributed by atoms with van der Waals surface area (Å²) < 4.78 is 10.4. The van der Waals surface area contributed by atoms with Gasteiger partial charge in [0.2, 0.25) is 0 Å². The number of hydrogen-bond acceptors (Lipinski definition) is 3. The monoisotopic (exact) mass is 176 g/mol. The van der Waals surface area contributed by atoms with Crippen LogP contribution in [-0.4, -0.2) is 19.4 Å². The van der Waals surface area contributed by atoms with Crippen LogP contribution in [0.25, 0.3) is 0 Å². The largest absolute Gasteiger partial charge is 0.333 e. The summed E-state index contributed by atoms with van der Waals surface area (Å²) in [6.07, 6.45) is 6.71. The van der Waals surface area contributed by atoms with Gasteiger partial charge in [0, 0.05) is 13.3 Å². The number of hydrogen-bond donors (Lipinski definition) is 0. The Morgan fingerprint density at radius 2 is 2.60 bits per heavy atom. The average Bonchev–Trinajstić information content (AvgIpc) is 2.33. The zero-order valence-corrected chi connectivity index (χ0v) is 7.45. The molecular formula is C6H9O2PS. The van der Waals surface area contributed by atoms with Crippen LogP contribution in [0, 0.1) is 12.3 Å². The van der Waals surface area contributed by atoms with Crippen LogP contribution in [0.1, 0.15) is 6.42 Å². The Morgan fingerprint density at radius 3 is 2.90 bits per heavy atom. The molecule has 1 aliphatic heterocycles. The number of terminal acetylenes is 1. The topological polar surface area (TPSA) is 18.5 Å². The van der Waals surface area contributed by atoms with E-state index in [9.17, 15) is 0 Å². The van der Waals surface area contributed by atoms with Gasteiger partial charge in [0.15, 0.2) is 6.49 Å². The van der Waals surface area contributed by atoms with Crippen molar-refractivity contribution in [2.45, 2.75) is 12.5 Å². The molecule has 2 nitrogen and oxygen atoms in total. The maximum Gasteiger partial charge on any atom is 0.189 e. The van der Waals surface area contributed by atoms with Crippen LogP contribution in [0.3, 0.4) is 0 Å². The Balaban J connectivity index is 2.60. The molecule has 10 heavy (non-hydrogen) atoms. The van der Waals surface area contributed by atoms with Crippen LogP contribution in [0.15, 0.2) is 0 Å². The van der Waals surface area contributed by atoms with Crippen LogP contribution in [0.5, 0.6) is 0 Å². The Morgan fingerprint density at radius 1 is 1.90 bits per heavy atom. The van der Waals surface area contributed by atoms with E-state index >= 15 is 0 Å². The Hall–Kier alpha value is 0.130. The van der Waals surface area contributed by atoms with Crippen molar-refractivity contribution in [3.05, 3.63) is 0 Å². The second-order valence-corrected chi connectivity index (χ2v) is 5.98. The molecule has 0 amide bonds. The number of rotatable bonds is 1. The standard InChI is InChI=1S/C6H9O2PS/c1-3-6-4-5-9(10,7-2)8-6/h1,6H,4-5H2,2H3. The minimum atomic E-state index is -1.93. The average molecular weight is 176 g/mol. The highest BCUT2D eigenvalue weighted by Gasteiger charge is 2.29. The van der Waals surface area contributed by atoms with E-state index in [0.29, 0.717) is 0 Å². The molecule has 0 bridgehead atoms. The fraction of sp³-hybridized carbons (Fsp3) is 0.667. The Kier molecular flexibility index (Phi) is 2.49. The molecule has 0 saturated carbocycles. The van der Waals surface area contributed by atoms with E-state index in [4.69, 9.17) is 27.3 Å². The molecule has 1 heterocycles. The minimum absolute atomic E-state index is 0.106.